The van der Waals surface area contributed by atoms with Gasteiger partial charge in [-0.25, -0.2) is 22.9 Å². The molecular formula is C22H26N6O5S. The van der Waals surface area contributed by atoms with Gasteiger partial charge in [-0.15, -0.1) is 0 Å². The molecule has 1 N–H and O–H groups in total. The Morgan fingerprint density at radius 3 is 2.68 bits per heavy atom. The Hall–Kier alpha value is -3.25. The molecule has 0 radical (unpaired) electrons. The zero-order chi connectivity index (χ0) is 24.4. The van der Waals surface area contributed by atoms with Crippen molar-refractivity contribution in [2.45, 2.75) is 55.8 Å². The van der Waals surface area contributed by atoms with Crippen LogP contribution in [0.4, 0.5) is 5.69 Å². The average molecular weight is 487 g/mol. The summed E-state index contributed by atoms with van der Waals surface area (Å²) in [6, 6.07) is 3.22. The van der Waals surface area contributed by atoms with Gasteiger partial charge in [0.15, 0.2) is 6.04 Å². The van der Waals surface area contributed by atoms with Crippen LogP contribution in [-0.2, 0) is 33.1 Å². The maximum atomic E-state index is 13.7. The van der Waals surface area contributed by atoms with Gasteiger partial charge in [0, 0.05) is 24.3 Å². The number of ether oxygens (including phenoxy) is 1. The van der Waals surface area contributed by atoms with Gasteiger partial charge in [0.2, 0.25) is 16.0 Å². The standard InChI is InChI=1S/C22H26N6O5S/c1-13-18(20(30)33-4)24-21-27(12-14-10-23-26(3)11-14)19(29)16-9-15(5-6-17(16)28(13)21)34(31,32)25-22(2)7-8-22/h5-6,9-11,13,18,25H,7-8,12H2,1-4H3/t13-,18-/m1/s1. The van der Waals surface area contributed by atoms with Gasteiger partial charge in [0.1, 0.15) is 0 Å². The molecule has 5 rings (SSSR count). The highest BCUT2D eigenvalue weighted by molar-refractivity contribution is 7.89. The fourth-order valence-electron chi connectivity index (χ4n) is 4.37. The SMILES string of the molecule is COC(=O)[C@@H]1N=C2N(Cc3cnn(C)c3)C(=O)c3cc(S(=O)(=O)NC4(C)CC4)ccc3N2[C@@H]1C. The third-order valence-electron chi connectivity index (χ3n) is 6.51. The van der Waals surface area contributed by atoms with Crippen LogP contribution in [0.5, 0.6) is 0 Å². The highest BCUT2D eigenvalue weighted by Crippen LogP contribution is 2.39. The largest absolute Gasteiger partial charge is 0.467 e. The normalized spacial score (nSPS) is 22.8. The minimum absolute atomic E-state index is 0.0193. The second-order valence-electron chi connectivity index (χ2n) is 9.27. The van der Waals surface area contributed by atoms with E-state index < -0.39 is 39.5 Å². The molecule has 180 valence electrons. The number of nitrogens with zero attached hydrogens (tertiary/aromatic N) is 5. The van der Waals surface area contributed by atoms with Gasteiger partial charge in [0.25, 0.3) is 5.91 Å². The number of amides is 1. The summed E-state index contributed by atoms with van der Waals surface area (Å²) in [5, 5.41) is 4.16. The molecule has 0 saturated heterocycles. The number of hydrogen-bond donors (Lipinski definition) is 1. The number of carbonyl (C=O) groups is 2. The molecule has 34 heavy (non-hydrogen) atoms. The van der Waals surface area contributed by atoms with Crippen LogP contribution in [0.1, 0.15) is 42.6 Å². The van der Waals surface area contributed by atoms with Crippen LogP contribution in [0.15, 0.2) is 40.5 Å². The van der Waals surface area contributed by atoms with E-state index in [-0.39, 0.29) is 17.0 Å². The number of aliphatic imine (C=N–C) groups is 1. The highest BCUT2D eigenvalue weighted by atomic mass is 32.2. The van der Waals surface area contributed by atoms with Gasteiger partial charge >= 0.3 is 5.97 Å². The van der Waals surface area contributed by atoms with E-state index in [2.05, 4.69) is 14.8 Å². The highest BCUT2D eigenvalue weighted by Gasteiger charge is 2.47. The van der Waals surface area contributed by atoms with Crippen molar-refractivity contribution in [3.63, 3.8) is 0 Å². The number of nitrogens with one attached hydrogen (secondary N) is 1. The zero-order valence-corrected chi connectivity index (χ0v) is 20.2. The number of benzene rings is 1. The Balaban J connectivity index is 1.59. The predicted octanol–water partition coefficient (Wildman–Crippen LogP) is 1.01. The molecule has 2 atom stereocenters. The molecule has 1 fully saturated rings. The number of guanidine groups is 1. The fraction of sp³-hybridized carbons (Fsp3) is 0.455. The smallest absolute Gasteiger partial charge is 0.332 e. The van der Waals surface area contributed by atoms with Crippen LogP contribution < -0.4 is 9.62 Å². The summed E-state index contributed by atoms with van der Waals surface area (Å²) in [6.07, 6.45) is 4.97. The summed E-state index contributed by atoms with van der Waals surface area (Å²) >= 11 is 0. The first-order chi connectivity index (χ1) is 16.0. The van der Waals surface area contributed by atoms with Crippen molar-refractivity contribution >= 4 is 33.5 Å². The van der Waals surface area contributed by atoms with E-state index in [9.17, 15) is 18.0 Å². The summed E-state index contributed by atoms with van der Waals surface area (Å²) in [6.45, 7) is 3.83. The molecule has 12 heteroatoms. The van der Waals surface area contributed by atoms with Crippen LogP contribution in [0.2, 0.25) is 0 Å². The molecule has 1 aromatic heterocycles. The molecule has 3 aliphatic rings. The van der Waals surface area contributed by atoms with Gasteiger partial charge in [-0.2, -0.15) is 5.10 Å². The number of sulfonamides is 1. The van der Waals surface area contributed by atoms with Crippen molar-refractivity contribution in [3.8, 4) is 0 Å². The fourth-order valence-corrected chi connectivity index (χ4v) is 5.86. The Morgan fingerprint density at radius 1 is 1.32 bits per heavy atom. The van der Waals surface area contributed by atoms with E-state index in [1.807, 2.05) is 13.8 Å². The molecule has 0 unspecified atom stereocenters. The van der Waals surface area contributed by atoms with E-state index in [0.29, 0.717) is 11.6 Å². The van der Waals surface area contributed by atoms with Crippen molar-refractivity contribution < 1.29 is 22.7 Å². The zero-order valence-electron chi connectivity index (χ0n) is 19.3. The Bertz CT molecular complexity index is 1330. The lowest BCUT2D eigenvalue weighted by Gasteiger charge is -2.38. The van der Waals surface area contributed by atoms with Crippen LogP contribution in [-0.4, -0.2) is 65.7 Å². The van der Waals surface area contributed by atoms with Crippen molar-refractivity contribution in [3.05, 3.63) is 41.7 Å². The van der Waals surface area contributed by atoms with Crippen LogP contribution in [0.3, 0.4) is 0 Å². The number of carbonyl (C=O) groups excluding carboxylic acids is 2. The van der Waals surface area contributed by atoms with E-state index in [0.717, 1.165) is 18.4 Å². The molecule has 0 bridgehead atoms. The summed E-state index contributed by atoms with van der Waals surface area (Å²) < 4.78 is 35.2. The molecule has 1 amide bonds. The first-order valence-corrected chi connectivity index (χ1v) is 12.4. The van der Waals surface area contributed by atoms with Crippen LogP contribution >= 0.6 is 0 Å². The number of methoxy groups -OCH3 is 1. The number of rotatable bonds is 6. The lowest BCUT2D eigenvalue weighted by atomic mass is 10.0. The van der Waals surface area contributed by atoms with E-state index in [4.69, 9.17) is 4.74 Å². The number of fused-ring (bicyclic) bond motifs is 3. The lowest BCUT2D eigenvalue weighted by Crippen LogP contribution is -2.53. The second kappa shape index (κ2) is 7.64. The van der Waals surface area contributed by atoms with E-state index in [1.54, 1.807) is 35.1 Å². The number of aryl methyl sites for hydroxylation is 1. The second-order valence-corrected chi connectivity index (χ2v) is 10.9. The summed E-state index contributed by atoms with van der Waals surface area (Å²) in [5.41, 5.74) is 1.05. The van der Waals surface area contributed by atoms with Gasteiger partial charge in [0.05, 0.1) is 42.0 Å². The topological polar surface area (TPSA) is 126 Å². The van der Waals surface area contributed by atoms with Crippen molar-refractivity contribution in [2.24, 2.45) is 12.0 Å². The van der Waals surface area contributed by atoms with Crippen molar-refractivity contribution in [1.82, 2.24) is 19.4 Å². The van der Waals surface area contributed by atoms with E-state index in [1.165, 1.54) is 24.1 Å². The number of anilines is 1. The van der Waals surface area contributed by atoms with Crippen molar-refractivity contribution in [1.29, 1.82) is 0 Å². The number of esters is 1. The number of hydrogen-bond acceptors (Lipinski definition) is 8. The van der Waals surface area contributed by atoms with Gasteiger partial charge in [-0.3, -0.25) is 14.4 Å². The summed E-state index contributed by atoms with van der Waals surface area (Å²) in [5.74, 6) is -0.587. The number of aromatic nitrogens is 2. The monoisotopic (exact) mass is 486 g/mol. The lowest BCUT2D eigenvalue weighted by molar-refractivity contribution is -0.142. The quantitative estimate of drug-likeness (QED) is 0.604. The van der Waals surface area contributed by atoms with E-state index >= 15 is 0 Å². The van der Waals surface area contributed by atoms with Crippen LogP contribution in [0, 0.1) is 0 Å². The molecule has 2 aromatic rings. The van der Waals surface area contributed by atoms with Gasteiger partial charge < -0.3 is 9.64 Å². The summed E-state index contributed by atoms with van der Waals surface area (Å²) in [7, 11) is -0.737. The van der Waals surface area contributed by atoms with Crippen molar-refractivity contribution in [2.75, 3.05) is 12.0 Å². The Labute approximate surface area is 197 Å². The maximum Gasteiger partial charge on any atom is 0.332 e. The maximum absolute atomic E-state index is 13.7. The molecule has 1 aliphatic carbocycles. The molecule has 0 spiro atoms. The van der Waals surface area contributed by atoms with Crippen LogP contribution in [0.25, 0.3) is 0 Å². The first-order valence-electron chi connectivity index (χ1n) is 11.0. The first kappa shape index (κ1) is 22.5. The minimum atomic E-state index is -3.81. The molecule has 2 aliphatic heterocycles. The third-order valence-corrected chi connectivity index (χ3v) is 8.15. The molecule has 1 saturated carbocycles. The average Bonchev–Trinajstić information content (AvgIpc) is 3.19. The molecule has 1 aromatic carbocycles. The third kappa shape index (κ3) is 3.66. The molecule has 11 nitrogen and oxygen atoms in total. The molecule has 3 heterocycles. The predicted molar refractivity (Wildman–Crippen MR) is 123 cm³/mol. The van der Waals surface area contributed by atoms with Gasteiger partial charge in [-0.05, 0) is 44.9 Å². The Morgan fingerprint density at radius 2 is 2.06 bits per heavy atom. The van der Waals surface area contributed by atoms with Gasteiger partial charge in [-0.1, -0.05) is 0 Å². The summed E-state index contributed by atoms with van der Waals surface area (Å²) in [4.78, 5) is 33.9. The minimum Gasteiger partial charge on any atom is -0.467 e. The Kier molecular flexibility index (Phi) is 5.06. The molecular weight excluding hydrogens is 460 g/mol.